The van der Waals surface area contributed by atoms with Crippen molar-refractivity contribution in [2.24, 2.45) is 5.92 Å². The largest absolute Gasteiger partial charge is 0.481 e. The number of nitrogens with one attached hydrogen (secondary N) is 2. The Hall–Kier alpha value is -2.11. The second-order valence-electron chi connectivity index (χ2n) is 5.52. The second kappa shape index (κ2) is 7.06. The van der Waals surface area contributed by atoms with Gasteiger partial charge < -0.3 is 15.7 Å². The summed E-state index contributed by atoms with van der Waals surface area (Å²) in [6, 6.07) is 3.25. The molecule has 3 N–H and O–H groups in total. The number of amides is 2. The molecule has 3 unspecified atom stereocenters. The fourth-order valence-electron chi connectivity index (χ4n) is 2.68. The lowest BCUT2D eigenvalue weighted by Crippen LogP contribution is -2.45. The average molecular weight is 291 g/mol. The quantitative estimate of drug-likeness (QED) is 0.792. The van der Waals surface area contributed by atoms with Crippen molar-refractivity contribution in [3.8, 4) is 0 Å². The minimum Gasteiger partial charge on any atom is -0.481 e. The van der Waals surface area contributed by atoms with Crippen LogP contribution in [0, 0.1) is 5.92 Å². The van der Waals surface area contributed by atoms with Crippen molar-refractivity contribution in [2.75, 3.05) is 0 Å². The van der Waals surface area contributed by atoms with Crippen molar-refractivity contribution in [1.29, 1.82) is 0 Å². The van der Waals surface area contributed by atoms with Crippen LogP contribution in [0.5, 0.6) is 0 Å². The maximum atomic E-state index is 12.0. The molecule has 3 atom stereocenters. The summed E-state index contributed by atoms with van der Waals surface area (Å²) in [5, 5.41) is 14.8. The molecule has 0 bridgehead atoms. The number of hydrogen-bond acceptors (Lipinski definition) is 3. The Bertz CT molecular complexity index is 492. The third-order valence-electron chi connectivity index (χ3n) is 3.89. The minimum absolute atomic E-state index is 0.0686. The number of aromatic nitrogens is 1. The third-order valence-corrected chi connectivity index (χ3v) is 3.89. The van der Waals surface area contributed by atoms with Crippen molar-refractivity contribution in [1.82, 2.24) is 15.6 Å². The fraction of sp³-hybridized carbons (Fsp3) is 0.533. The first-order valence-electron chi connectivity index (χ1n) is 7.26. The fourth-order valence-corrected chi connectivity index (χ4v) is 2.68. The van der Waals surface area contributed by atoms with Gasteiger partial charge in [-0.15, -0.1) is 0 Å². The number of urea groups is 1. The number of rotatable bonds is 4. The van der Waals surface area contributed by atoms with Gasteiger partial charge in [-0.05, 0) is 37.8 Å². The molecule has 0 saturated heterocycles. The number of carbonyl (C=O) groups excluding carboxylic acids is 1. The number of carboxylic acid groups (broad SMARTS) is 1. The maximum absolute atomic E-state index is 12.0. The minimum atomic E-state index is -0.773. The van der Waals surface area contributed by atoms with E-state index >= 15 is 0 Å². The van der Waals surface area contributed by atoms with E-state index in [0.29, 0.717) is 12.8 Å². The summed E-state index contributed by atoms with van der Waals surface area (Å²) in [5.41, 5.74) is 0.930. The summed E-state index contributed by atoms with van der Waals surface area (Å²) in [4.78, 5) is 27.0. The molecule has 114 valence electrons. The lowest BCUT2D eigenvalue weighted by atomic mass is 9.86. The first-order valence-corrected chi connectivity index (χ1v) is 7.26. The molecule has 1 aromatic heterocycles. The van der Waals surface area contributed by atoms with Gasteiger partial charge in [0.1, 0.15) is 0 Å². The van der Waals surface area contributed by atoms with Crippen LogP contribution in [0.2, 0.25) is 0 Å². The molecule has 1 aliphatic carbocycles. The highest BCUT2D eigenvalue weighted by atomic mass is 16.4. The zero-order chi connectivity index (χ0) is 15.2. The standard InChI is InChI=1S/C15H21N3O3/c1-10(12-5-3-7-16-9-12)17-15(21)18-13-6-2-4-11(8-13)14(19)20/h3,5,7,9-11,13H,2,4,6,8H2,1H3,(H,19,20)(H2,17,18,21). The summed E-state index contributed by atoms with van der Waals surface area (Å²) in [6.45, 7) is 1.89. The molecule has 6 nitrogen and oxygen atoms in total. The van der Waals surface area contributed by atoms with Crippen LogP contribution in [0.15, 0.2) is 24.5 Å². The number of hydrogen-bond donors (Lipinski definition) is 3. The zero-order valence-electron chi connectivity index (χ0n) is 12.1. The smallest absolute Gasteiger partial charge is 0.315 e. The topological polar surface area (TPSA) is 91.3 Å². The van der Waals surface area contributed by atoms with Crippen molar-refractivity contribution in [3.05, 3.63) is 30.1 Å². The van der Waals surface area contributed by atoms with Crippen LogP contribution in [-0.4, -0.2) is 28.1 Å². The van der Waals surface area contributed by atoms with Crippen molar-refractivity contribution < 1.29 is 14.7 Å². The van der Waals surface area contributed by atoms with E-state index in [1.54, 1.807) is 12.4 Å². The second-order valence-corrected chi connectivity index (χ2v) is 5.52. The zero-order valence-corrected chi connectivity index (χ0v) is 12.1. The Labute approximate surface area is 124 Å². The van der Waals surface area contributed by atoms with Gasteiger partial charge in [-0.3, -0.25) is 9.78 Å². The normalized spacial score (nSPS) is 23.1. The van der Waals surface area contributed by atoms with Crippen LogP contribution >= 0.6 is 0 Å². The van der Waals surface area contributed by atoms with Gasteiger partial charge in [0.05, 0.1) is 12.0 Å². The SMILES string of the molecule is CC(NC(=O)NC1CCCC(C(=O)O)C1)c1cccnc1. The molecular weight excluding hydrogens is 270 g/mol. The van der Waals surface area contributed by atoms with Crippen molar-refractivity contribution >= 4 is 12.0 Å². The van der Waals surface area contributed by atoms with E-state index in [2.05, 4.69) is 15.6 Å². The molecule has 0 aromatic carbocycles. The van der Waals surface area contributed by atoms with E-state index in [9.17, 15) is 9.59 Å². The monoisotopic (exact) mass is 291 g/mol. The number of carboxylic acids is 1. The lowest BCUT2D eigenvalue weighted by molar-refractivity contribution is -0.143. The molecule has 1 aliphatic rings. The summed E-state index contributed by atoms with van der Waals surface area (Å²) in [5.74, 6) is -1.12. The van der Waals surface area contributed by atoms with Gasteiger partial charge >= 0.3 is 12.0 Å². The van der Waals surface area contributed by atoms with E-state index < -0.39 is 5.97 Å². The van der Waals surface area contributed by atoms with Crippen LogP contribution in [0.3, 0.4) is 0 Å². The van der Waals surface area contributed by atoms with Crippen LogP contribution < -0.4 is 10.6 Å². The van der Waals surface area contributed by atoms with Crippen LogP contribution in [-0.2, 0) is 4.79 Å². The molecule has 2 amide bonds. The van der Waals surface area contributed by atoms with Crippen LogP contribution in [0.4, 0.5) is 4.79 Å². The van der Waals surface area contributed by atoms with Gasteiger partial charge in [0.2, 0.25) is 0 Å². The molecule has 1 heterocycles. The highest BCUT2D eigenvalue weighted by Crippen LogP contribution is 2.24. The molecule has 21 heavy (non-hydrogen) atoms. The molecule has 2 rings (SSSR count). The average Bonchev–Trinajstić information content (AvgIpc) is 2.48. The summed E-state index contributed by atoms with van der Waals surface area (Å²) < 4.78 is 0. The summed E-state index contributed by atoms with van der Waals surface area (Å²) in [6.07, 6.45) is 6.26. The number of carbonyl (C=O) groups is 2. The first kappa shape index (κ1) is 15.3. The van der Waals surface area contributed by atoms with E-state index in [0.717, 1.165) is 18.4 Å². The van der Waals surface area contributed by atoms with Gasteiger partial charge in [0.25, 0.3) is 0 Å². The van der Waals surface area contributed by atoms with Gasteiger partial charge in [-0.2, -0.15) is 0 Å². The van der Waals surface area contributed by atoms with Crippen molar-refractivity contribution in [2.45, 2.75) is 44.7 Å². The predicted molar refractivity (Wildman–Crippen MR) is 77.7 cm³/mol. The molecular formula is C15H21N3O3. The van der Waals surface area contributed by atoms with Gasteiger partial charge in [0.15, 0.2) is 0 Å². The van der Waals surface area contributed by atoms with Gasteiger partial charge in [-0.1, -0.05) is 12.5 Å². The Kier molecular flexibility index (Phi) is 5.14. The molecule has 1 aromatic rings. The van der Waals surface area contributed by atoms with Crippen molar-refractivity contribution in [3.63, 3.8) is 0 Å². The Morgan fingerprint density at radius 3 is 2.90 bits per heavy atom. The Morgan fingerprint density at radius 1 is 1.43 bits per heavy atom. The maximum Gasteiger partial charge on any atom is 0.315 e. The molecule has 6 heteroatoms. The highest BCUT2D eigenvalue weighted by Gasteiger charge is 2.27. The molecule has 0 radical (unpaired) electrons. The van der Waals surface area contributed by atoms with E-state index in [-0.39, 0.29) is 24.0 Å². The first-order chi connectivity index (χ1) is 10.1. The molecule has 1 fully saturated rings. The lowest BCUT2D eigenvalue weighted by Gasteiger charge is -2.28. The Morgan fingerprint density at radius 2 is 2.24 bits per heavy atom. The van der Waals surface area contributed by atoms with E-state index in [1.807, 2.05) is 19.1 Å². The highest BCUT2D eigenvalue weighted by molar-refractivity contribution is 5.75. The summed E-state index contributed by atoms with van der Waals surface area (Å²) >= 11 is 0. The van der Waals surface area contributed by atoms with E-state index in [4.69, 9.17) is 5.11 Å². The van der Waals surface area contributed by atoms with Gasteiger partial charge in [-0.25, -0.2) is 4.79 Å². The molecule has 1 saturated carbocycles. The van der Waals surface area contributed by atoms with Crippen LogP contribution in [0.25, 0.3) is 0 Å². The Balaban J connectivity index is 1.83. The molecule has 0 spiro atoms. The molecule has 0 aliphatic heterocycles. The number of pyridine rings is 1. The summed E-state index contributed by atoms with van der Waals surface area (Å²) in [7, 11) is 0. The van der Waals surface area contributed by atoms with E-state index in [1.165, 1.54) is 0 Å². The van der Waals surface area contributed by atoms with Crippen LogP contribution in [0.1, 0.15) is 44.2 Å². The predicted octanol–water partition coefficient (Wildman–Crippen LogP) is 2.09. The third kappa shape index (κ3) is 4.44. The number of nitrogens with zero attached hydrogens (tertiary/aromatic N) is 1. The number of aliphatic carboxylic acids is 1. The van der Waals surface area contributed by atoms with Gasteiger partial charge in [0, 0.05) is 18.4 Å².